The van der Waals surface area contributed by atoms with Gasteiger partial charge >= 0.3 is 0 Å². The molecule has 1 aromatic heterocycles. The lowest BCUT2D eigenvalue weighted by molar-refractivity contribution is -0.384. The maximum atomic E-state index is 13.0. The van der Waals surface area contributed by atoms with E-state index in [0.717, 1.165) is 5.56 Å². The number of nitrogens with zero attached hydrogens (tertiary/aromatic N) is 3. The van der Waals surface area contributed by atoms with Gasteiger partial charge in [-0.2, -0.15) is 5.10 Å². The number of hydrogen-bond donors (Lipinski definition) is 1. The molecule has 0 radical (unpaired) electrons. The standard InChI is InChI=1S/C22H24N4O4/c1-14(2)15(3)23-22(27)21-13-20(16-7-5-10-19(11-16)30-4)24-25(21)17-8-6-9-18(12-17)26(28)29/h5-15H,1-4H3,(H,23,27)/t15-/m0/s1. The lowest BCUT2D eigenvalue weighted by Gasteiger charge is -2.17. The fourth-order valence-electron chi connectivity index (χ4n) is 2.85. The van der Waals surface area contributed by atoms with Gasteiger partial charge in [0.15, 0.2) is 0 Å². The summed E-state index contributed by atoms with van der Waals surface area (Å²) in [4.78, 5) is 23.7. The Morgan fingerprint density at radius 1 is 1.13 bits per heavy atom. The van der Waals surface area contributed by atoms with Crippen LogP contribution in [0.15, 0.2) is 54.6 Å². The third-order valence-corrected chi connectivity index (χ3v) is 4.95. The van der Waals surface area contributed by atoms with Crippen LogP contribution in [0.25, 0.3) is 16.9 Å². The highest BCUT2D eigenvalue weighted by Crippen LogP contribution is 2.26. The van der Waals surface area contributed by atoms with Gasteiger partial charge in [0.2, 0.25) is 0 Å². The van der Waals surface area contributed by atoms with Gasteiger partial charge in [0.25, 0.3) is 11.6 Å². The van der Waals surface area contributed by atoms with Crippen LogP contribution in [0.5, 0.6) is 5.75 Å². The minimum absolute atomic E-state index is 0.0498. The molecular formula is C22H24N4O4. The third-order valence-electron chi connectivity index (χ3n) is 4.95. The number of rotatable bonds is 7. The van der Waals surface area contributed by atoms with E-state index in [9.17, 15) is 14.9 Å². The van der Waals surface area contributed by atoms with Crippen molar-refractivity contribution in [2.75, 3.05) is 7.11 Å². The monoisotopic (exact) mass is 408 g/mol. The molecule has 8 nitrogen and oxygen atoms in total. The number of methoxy groups -OCH3 is 1. The van der Waals surface area contributed by atoms with Crippen molar-refractivity contribution in [2.24, 2.45) is 5.92 Å². The van der Waals surface area contributed by atoms with E-state index in [1.54, 1.807) is 25.3 Å². The van der Waals surface area contributed by atoms with E-state index in [2.05, 4.69) is 10.4 Å². The quantitative estimate of drug-likeness (QED) is 0.466. The van der Waals surface area contributed by atoms with Crippen LogP contribution in [-0.4, -0.2) is 33.8 Å². The fourth-order valence-corrected chi connectivity index (χ4v) is 2.85. The first kappa shape index (κ1) is 21.0. The van der Waals surface area contributed by atoms with Gasteiger partial charge in [-0.1, -0.05) is 32.0 Å². The summed E-state index contributed by atoms with van der Waals surface area (Å²) < 4.78 is 6.71. The number of non-ortho nitro benzene ring substituents is 1. The second-order valence-corrected chi connectivity index (χ2v) is 7.34. The van der Waals surface area contributed by atoms with Gasteiger partial charge in [0, 0.05) is 23.7 Å². The van der Waals surface area contributed by atoms with Crippen LogP contribution < -0.4 is 10.1 Å². The number of carbonyl (C=O) groups excluding carboxylic acids is 1. The lowest BCUT2D eigenvalue weighted by atomic mass is 10.1. The van der Waals surface area contributed by atoms with Crippen molar-refractivity contribution in [1.29, 1.82) is 0 Å². The predicted molar refractivity (Wildman–Crippen MR) is 114 cm³/mol. The minimum Gasteiger partial charge on any atom is -0.497 e. The molecule has 1 heterocycles. The number of carbonyl (C=O) groups is 1. The molecule has 0 saturated heterocycles. The zero-order valence-electron chi connectivity index (χ0n) is 17.3. The van der Waals surface area contributed by atoms with Gasteiger partial charge in [0.1, 0.15) is 11.4 Å². The maximum absolute atomic E-state index is 13.0. The first-order chi connectivity index (χ1) is 14.3. The lowest BCUT2D eigenvalue weighted by Crippen LogP contribution is -2.37. The van der Waals surface area contributed by atoms with Crippen molar-refractivity contribution >= 4 is 11.6 Å². The average molecular weight is 408 g/mol. The third kappa shape index (κ3) is 4.48. The maximum Gasteiger partial charge on any atom is 0.271 e. The largest absolute Gasteiger partial charge is 0.497 e. The molecule has 0 aliphatic carbocycles. The number of nitrogens with one attached hydrogen (secondary N) is 1. The summed E-state index contributed by atoms with van der Waals surface area (Å²) in [7, 11) is 1.58. The summed E-state index contributed by atoms with van der Waals surface area (Å²) >= 11 is 0. The van der Waals surface area contributed by atoms with Crippen LogP contribution in [0.2, 0.25) is 0 Å². The summed E-state index contributed by atoms with van der Waals surface area (Å²) in [5.41, 5.74) is 1.97. The minimum atomic E-state index is -0.476. The molecule has 0 fully saturated rings. The molecule has 156 valence electrons. The van der Waals surface area contributed by atoms with Crippen LogP contribution in [0.3, 0.4) is 0 Å². The zero-order valence-corrected chi connectivity index (χ0v) is 17.3. The van der Waals surface area contributed by atoms with E-state index in [4.69, 9.17) is 4.74 Å². The molecule has 30 heavy (non-hydrogen) atoms. The number of nitro benzene ring substituents is 1. The van der Waals surface area contributed by atoms with E-state index in [1.165, 1.54) is 16.8 Å². The molecule has 0 unspecified atom stereocenters. The van der Waals surface area contributed by atoms with Crippen molar-refractivity contribution in [3.05, 3.63) is 70.4 Å². The Labute approximate surface area is 174 Å². The number of hydrogen-bond acceptors (Lipinski definition) is 5. The molecule has 8 heteroatoms. The van der Waals surface area contributed by atoms with Crippen molar-refractivity contribution in [3.8, 4) is 22.7 Å². The molecule has 1 amide bonds. The Bertz CT molecular complexity index is 1070. The second kappa shape index (κ2) is 8.77. The number of amides is 1. The summed E-state index contributed by atoms with van der Waals surface area (Å²) in [6, 6.07) is 15.0. The Morgan fingerprint density at radius 2 is 1.87 bits per heavy atom. The molecule has 1 atom stereocenters. The van der Waals surface area contributed by atoms with Crippen LogP contribution in [-0.2, 0) is 0 Å². The highest BCUT2D eigenvalue weighted by Gasteiger charge is 2.21. The SMILES string of the molecule is COc1cccc(-c2cc(C(=O)N[C@@H](C)C(C)C)n(-c3cccc([N+](=O)[O-])c3)n2)c1. The normalized spacial score (nSPS) is 11.9. The first-order valence-electron chi connectivity index (χ1n) is 9.60. The highest BCUT2D eigenvalue weighted by molar-refractivity contribution is 5.94. The van der Waals surface area contributed by atoms with Crippen LogP contribution in [0.1, 0.15) is 31.3 Å². The summed E-state index contributed by atoms with van der Waals surface area (Å²) in [6.07, 6.45) is 0. The van der Waals surface area contributed by atoms with Crippen LogP contribution in [0, 0.1) is 16.0 Å². The van der Waals surface area contributed by atoms with E-state index in [1.807, 2.05) is 45.0 Å². The summed E-state index contributed by atoms with van der Waals surface area (Å²) in [5, 5.41) is 18.8. The van der Waals surface area contributed by atoms with Gasteiger partial charge < -0.3 is 10.1 Å². The smallest absolute Gasteiger partial charge is 0.271 e. The molecule has 0 saturated carbocycles. The zero-order chi connectivity index (χ0) is 21.8. The molecule has 0 aliphatic rings. The summed E-state index contributed by atoms with van der Waals surface area (Å²) in [6.45, 7) is 5.97. The average Bonchev–Trinajstić information content (AvgIpc) is 3.19. The molecule has 0 aliphatic heterocycles. The second-order valence-electron chi connectivity index (χ2n) is 7.34. The number of nitro groups is 1. The van der Waals surface area contributed by atoms with E-state index < -0.39 is 4.92 Å². The number of benzene rings is 2. The van der Waals surface area contributed by atoms with Crippen molar-refractivity contribution in [1.82, 2.24) is 15.1 Å². The Morgan fingerprint density at radius 3 is 2.53 bits per heavy atom. The Balaban J connectivity index is 2.11. The Hall–Kier alpha value is -3.68. The molecule has 1 N–H and O–H groups in total. The van der Waals surface area contributed by atoms with Crippen molar-refractivity contribution in [2.45, 2.75) is 26.8 Å². The number of ether oxygens (including phenoxy) is 1. The highest BCUT2D eigenvalue weighted by atomic mass is 16.6. The Kier molecular flexibility index (Phi) is 6.15. The van der Waals surface area contributed by atoms with Crippen molar-refractivity contribution in [3.63, 3.8) is 0 Å². The van der Waals surface area contributed by atoms with Gasteiger partial charge in [0.05, 0.1) is 23.4 Å². The first-order valence-corrected chi connectivity index (χ1v) is 9.60. The van der Waals surface area contributed by atoms with Gasteiger partial charge in [-0.3, -0.25) is 14.9 Å². The fraction of sp³-hybridized carbons (Fsp3) is 0.273. The molecule has 0 spiro atoms. The van der Waals surface area contributed by atoms with Gasteiger partial charge in [-0.15, -0.1) is 0 Å². The van der Waals surface area contributed by atoms with E-state index in [-0.39, 0.29) is 23.6 Å². The van der Waals surface area contributed by atoms with Crippen LogP contribution in [0.4, 0.5) is 5.69 Å². The molecule has 3 rings (SSSR count). The van der Waals surface area contributed by atoms with Crippen molar-refractivity contribution < 1.29 is 14.5 Å². The van der Waals surface area contributed by atoms with Gasteiger partial charge in [-0.25, -0.2) is 4.68 Å². The molecule has 2 aromatic carbocycles. The molecule has 0 bridgehead atoms. The number of aromatic nitrogens is 2. The molecular weight excluding hydrogens is 384 g/mol. The topological polar surface area (TPSA) is 99.3 Å². The van der Waals surface area contributed by atoms with E-state index in [0.29, 0.717) is 22.8 Å². The van der Waals surface area contributed by atoms with Gasteiger partial charge in [-0.05, 0) is 37.1 Å². The predicted octanol–water partition coefficient (Wildman–Crippen LogP) is 4.23. The van der Waals surface area contributed by atoms with Crippen LogP contribution >= 0.6 is 0 Å². The van der Waals surface area contributed by atoms with E-state index >= 15 is 0 Å². The molecule has 3 aromatic rings. The summed E-state index contributed by atoms with van der Waals surface area (Å²) in [5.74, 6) is 0.613.